The molecular formula is C12H8Br4N2. The molecule has 0 unspecified atom stereocenters. The van der Waals surface area contributed by atoms with Gasteiger partial charge in [-0.15, -0.1) is 0 Å². The van der Waals surface area contributed by atoms with Crippen molar-refractivity contribution in [2.75, 3.05) is 5.32 Å². The summed E-state index contributed by atoms with van der Waals surface area (Å²) in [5, 5.41) is 3.36. The van der Waals surface area contributed by atoms with E-state index >= 15 is 0 Å². The first-order valence-electron chi connectivity index (χ1n) is 5.05. The maximum Gasteiger partial charge on any atom is 0.0737 e. The van der Waals surface area contributed by atoms with Crippen LogP contribution in [0.5, 0.6) is 0 Å². The van der Waals surface area contributed by atoms with E-state index in [-0.39, 0.29) is 0 Å². The van der Waals surface area contributed by atoms with Gasteiger partial charge < -0.3 is 5.32 Å². The van der Waals surface area contributed by atoms with Gasteiger partial charge in [0.05, 0.1) is 17.9 Å². The summed E-state index contributed by atoms with van der Waals surface area (Å²) in [5.74, 6) is 0. The topological polar surface area (TPSA) is 24.9 Å². The zero-order chi connectivity index (χ0) is 13.1. The lowest BCUT2D eigenvalue weighted by Gasteiger charge is -2.11. The van der Waals surface area contributed by atoms with Crippen LogP contribution in [0, 0.1) is 0 Å². The largest absolute Gasteiger partial charge is 0.378 e. The Balaban J connectivity index is 2.16. The van der Waals surface area contributed by atoms with Crippen molar-refractivity contribution >= 4 is 69.4 Å². The van der Waals surface area contributed by atoms with E-state index in [0.717, 1.165) is 29.3 Å². The van der Waals surface area contributed by atoms with Gasteiger partial charge in [0.2, 0.25) is 0 Å². The number of hydrogen-bond acceptors (Lipinski definition) is 2. The lowest BCUT2D eigenvalue weighted by Crippen LogP contribution is -2.03. The van der Waals surface area contributed by atoms with Crippen LogP contribution in [-0.2, 0) is 6.54 Å². The SMILES string of the molecule is Brc1cnc(CNc2c(Br)cccc2Br)c(Br)c1. The van der Waals surface area contributed by atoms with E-state index in [1.807, 2.05) is 24.3 Å². The third kappa shape index (κ3) is 3.56. The van der Waals surface area contributed by atoms with Crippen molar-refractivity contribution < 1.29 is 0 Å². The molecule has 0 fully saturated rings. The number of pyridine rings is 1. The Labute approximate surface area is 139 Å². The van der Waals surface area contributed by atoms with Crippen LogP contribution < -0.4 is 5.32 Å². The summed E-state index contributed by atoms with van der Waals surface area (Å²) in [4.78, 5) is 4.37. The van der Waals surface area contributed by atoms with E-state index in [4.69, 9.17) is 0 Å². The van der Waals surface area contributed by atoms with E-state index in [0.29, 0.717) is 6.54 Å². The number of rotatable bonds is 3. The summed E-state index contributed by atoms with van der Waals surface area (Å²) in [7, 11) is 0. The number of aromatic nitrogens is 1. The van der Waals surface area contributed by atoms with Gasteiger partial charge in [-0.2, -0.15) is 0 Å². The van der Waals surface area contributed by atoms with Crippen molar-refractivity contribution in [3.8, 4) is 0 Å². The van der Waals surface area contributed by atoms with Crippen LogP contribution in [0.1, 0.15) is 5.69 Å². The van der Waals surface area contributed by atoms with Crippen LogP contribution in [0.15, 0.2) is 48.4 Å². The highest BCUT2D eigenvalue weighted by Gasteiger charge is 2.06. The fourth-order valence-corrected chi connectivity index (χ4v) is 3.82. The Hall–Kier alpha value is 0.0900. The number of nitrogens with zero attached hydrogens (tertiary/aromatic N) is 1. The molecule has 2 nitrogen and oxygen atoms in total. The van der Waals surface area contributed by atoms with Crippen LogP contribution in [0.4, 0.5) is 5.69 Å². The van der Waals surface area contributed by atoms with Crippen LogP contribution >= 0.6 is 63.7 Å². The highest BCUT2D eigenvalue weighted by Crippen LogP contribution is 2.31. The third-order valence-electron chi connectivity index (χ3n) is 2.28. The molecule has 94 valence electrons. The normalized spacial score (nSPS) is 10.4. The third-order valence-corrected chi connectivity index (χ3v) is 4.72. The highest BCUT2D eigenvalue weighted by atomic mass is 79.9. The molecule has 18 heavy (non-hydrogen) atoms. The minimum atomic E-state index is 0.648. The maximum atomic E-state index is 4.37. The first-order valence-corrected chi connectivity index (χ1v) is 8.23. The van der Waals surface area contributed by atoms with Crippen molar-refractivity contribution in [2.45, 2.75) is 6.54 Å². The molecule has 0 aliphatic carbocycles. The smallest absolute Gasteiger partial charge is 0.0737 e. The van der Waals surface area contributed by atoms with Crippen LogP contribution in [0.3, 0.4) is 0 Å². The summed E-state index contributed by atoms with van der Waals surface area (Å²) in [6, 6.07) is 7.96. The quantitative estimate of drug-likeness (QED) is 0.582. The second-order valence-corrected chi connectivity index (χ2v) is 7.01. The molecule has 0 radical (unpaired) electrons. The Bertz CT molecular complexity index is 552. The minimum absolute atomic E-state index is 0.648. The van der Waals surface area contributed by atoms with Gasteiger partial charge in [0.15, 0.2) is 0 Å². The van der Waals surface area contributed by atoms with Crippen molar-refractivity contribution in [2.24, 2.45) is 0 Å². The van der Waals surface area contributed by atoms with Crippen molar-refractivity contribution in [3.63, 3.8) is 0 Å². The number of anilines is 1. The Morgan fingerprint density at radius 3 is 2.28 bits per heavy atom. The molecule has 2 aromatic rings. The molecule has 0 saturated heterocycles. The summed E-state index contributed by atoms with van der Waals surface area (Å²) in [6.45, 7) is 0.648. The Morgan fingerprint density at radius 1 is 1.00 bits per heavy atom. The summed E-state index contributed by atoms with van der Waals surface area (Å²) < 4.78 is 3.97. The molecule has 1 N–H and O–H groups in total. The molecule has 0 atom stereocenters. The fourth-order valence-electron chi connectivity index (χ4n) is 1.41. The molecule has 1 aromatic carbocycles. The van der Waals surface area contributed by atoms with E-state index in [1.54, 1.807) is 6.20 Å². The first kappa shape index (κ1) is 14.5. The number of nitrogens with one attached hydrogen (secondary N) is 1. The predicted octanol–water partition coefficient (Wildman–Crippen LogP) is 5.74. The Morgan fingerprint density at radius 2 is 1.67 bits per heavy atom. The molecule has 2 rings (SSSR count). The second kappa shape index (κ2) is 6.50. The molecule has 0 saturated carbocycles. The van der Waals surface area contributed by atoms with Gasteiger partial charge in [-0.05, 0) is 81.9 Å². The minimum Gasteiger partial charge on any atom is -0.378 e. The van der Waals surface area contributed by atoms with Gasteiger partial charge in [-0.3, -0.25) is 4.98 Å². The number of benzene rings is 1. The number of para-hydroxylation sites is 1. The second-order valence-electron chi connectivity index (χ2n) is 3.53. The van der Waals surface area contributed by atoms with Crippen LogP contribution in [-0.4, -0.2) is 4.98 Å². The highest BCUT2D eigenvalue weighted by molar-refractivity contribution is 9.11. The summed E-state index contributed by atoms with van der Waals surface area (Å²) in [6.07, 6.45) is 1.79. The molecule has 1 heterocycles. The monoisotopic (exact) mass is 496 g/mol. The van der Waals surface area contributed by atoms with E-state index < -0.39 is 0 Å². The van der Waals surface area contributed by atoms with Crippen LogP contribution in [0.25, 0.3) is 0 Å². The molecule has 1 aromatic heterocycles. The molecule has 6 heteroatoms. The molecular weight excluding hydrogens is 492 g/mol. The lowest BCUT2D eigenvalue weighted by molar-refractivity contribution is 1.03. The Kier molecular flexibility index (Phi) is 5.24. The van der Waals surface area contributed by atoms with Gasteiger partial charge in [-0.1, -0.05) is 6.07 Å². The van der Waals surface area contributed by atoms with E-state index in [2.05, 4.69) is 74.0 Å². The number of hydrogen-bond donors (Lipinski definition) is 1. The maximum absolute atomic E-state index is 4.37. The fraction of sp³-hybridized carbons (Fsp3) is 0.0833. The summed E-state index contributed by atoms with van der Waals surface area (Å²) in [5.41, 5.74) is 1.98. The zero-order valence-electron chi connectivity index (χ0n) is 9.05. The predicted molar refractivity (Wildman–Crippen MR) is 88.8 cm³/mol. The first-order chi connectivity index (χ1) is 8.58. The molecule has 0 aliphatic heterocycles. The van der Waals surface area contributed by atoms with Crippen molar-refractivity contribution in [1.29, 1.82) is 0 Å². The average molecular weight is 500 g/mol. The standard InChI is InChI=1S/C12H8Br4N2/c13-7-4-10(16)11(17-5-7)6-18-12-8(14)2-1-3-9(12)15/h1-5,18H,6H2. The van der Waals surface area contributed by atoms with Gasteiger partial charge in [-0.25, -0.2) is 0 Å². The van der Waals surface area contributed by atoms with Gasteiger partial charge in [0.1, 0.15) is 0 Å². The molecule has 0 aliphatic rings. The molecule has 0 bridgehead atoms. The molecule has 0 spiro atoms. The summed E-state index contributed by atoms with van der Waals surface area (Å²) >= 11 is 13.9. The zero-order valence-corrected chi connectivity index (χ0v) is 15.4. The van der Waals surface area contributed by atoms with E-state index in [9.17, 15) is 0 Å². The average Bonchev–Trinajstić information content (AvgIpc) is 2.31. The number of halogens is 4. The van der Waals surface area contributed by atoms with Gasteiger partial charge in [0, 0.05) is 24.1 Å². The molecule has 0 amide bonds. The van der Waals surface area contributed by atoms with Crippen molar-refractivity contribution in [1.82, 2.24) is 4.98 Å². The van der Waals surface area contributed by atoms with Crippen LogP contribution in [0.2, 0.25) is 0 Å². The van der Waals surface area contributed by atoms with E-state index in [1.165, 1.54) is 0 Å². The van der Waals surface area contributed by atoms with Gasteiger partial charge in [0.25, 0.3) is 0 Å². The van der Waals surface area contributed by atoms with Crippen molar-refractivity contribution in [3.05, 3.63) is 54.0 Å². The van der Waals surface area contributed by atoms with Gasteiger partial charge >= 0.3 is 0 Å². The lowest BCUT2D eigenvalue weighted by atomic mass is 10.3.